The lowest BCUT2D eigenvalue weighted by molar-refractivity contribution is 0.348. The zero-order valence-corrected chi connectivity index (χ0v) is 9.75. The molecule has 84 valence electrons. The first kappa shape index (κ1) is 12.4. The zero-order chi connectivity index (χ0) is 12.0. The Morgan fingerprint density at radius 3 is 2.69 bits per heavy atom. The van der Waals surface area contributed by atoms with Crippen LogP contribution < -0.4 is 9.47 Å². The molecule has 0 aliphatic carbocycles. The molecule has 16 heavy (non-hydrogen) atoms. The van der Waals surface area contributed by atoms with Crippen molar-refractivity contribution in [3.63, 3.8) is 0 Å². The highest BCUT2D eigenvalue weighted by molar-refractivity contribution is 6.19. The summed E-state index contributed by atoms with van der Waals surface area (Å²) in [6.45, 7) is 4.06. The molecule has 0 atom stereocenters. The molecule has 0 fully saturated rings. The lowest BCUT2D eigenvalue weighted by Gasteiger charge is -2.08. The van der Waals surface area contributed by atoms with E-state index < -0.39 is 0 Å². The number of nitrogens with zero attached hydrogens (tertiary/aromatic N) is 1. The lowest BCUT2D eigenvalue weighted by atomic mass is 10.2. The highest BCUT2D eigenvalue weighted by atomic mass is 35.5. The molecule has 0 amide bonds. The fourth-order valence-electron chi connectivity index (χ4n) is 1.06. The summed E-state index contributed by atoms with van der Waals surface area (Å²) in [5.74, 6) is 1.52. The van der Waals surface area contributed by atoms with Crippen LogP contribution in [-0.2, 0) is 0 Å². The molecule has 1 aromatic rings. The van der Waals surface area contributed by atoms with Gasteiger partial charge in [-0.1, -0.05) is 6.58 Å². The van der Waals surface area contributed by atoms with Crippen molar-refractivity contribution in [2.45, 2.75) is 0 Å². The average molecular weight is 238 g/mol. The van der Waals surface area contributed by atoms with Crippen molar-refractivity contribution >= 4 is 11.6 Å². The molecule has 3 nitrogen and oxygen atoms in total. The van der Waals surface area contributed by atoms with Gasteiger partial charge in [-0.3, -0.25) is 0 Å². The Hall–Kier alpha value is -1.66. The van der Waals surface area contributed by atoms with Crippen LogP contribution in [0.1, 0.15) is 5.56 Å². The van der Waals surface area contributed by atoms with Crippen LogP contribution in [0.15, 0.2) is 30.4 Å². The van der Waals surface area contributed by atoms with E-state index in [1.54, 1.807) is 18.2 Å². The number of methoxy groups -OCH3 is 1. The minimum Gasteiger partial charge on any atom is -0.497 e. The molecular weight excluding hydrogens is 226 g/mol. The van der Waals surface area contributed by atoms with Crippen molar-refractivity contribution in [2.75, 3.05) is 19.6 Å². The van der Waals surface area contributed by atoms with Gasteiger partial charge in [0.2, 0.25) is 0 Å². The van der Waals surface area contributed by atoms with Gasteiger partial charge in [-0.25, -0.2) is 0 Å². The fraction of sp³-hybridized carbons (Fsp3) is 0.250. The Labute approximate surface area is 99.9 Å². The maximum absolute atomic E-state index is 8.81. The molecule has 0 aromatic heterocycles. The number of hydrogen-bond donors (Lipinski definition) is 0. The number of alkyl halides is 1. The first-order valence-electron chi connectivity index (χ1n) is 4.64. The Balaban J connectivity index is 2.80. The van der Waals surface area contributed by atoms with Crippen molar-refractivity contribution in [1.29, 1.82) is 5.26 Å². The van der Waals surface area contributed by atoms with Crippen molar-refractivity contribution in [3.8, 4) is 17.6 Å². The van der Waals surface area contributed by atoms with E-state index in [-0.39, 0.29) is 0 Å². The molecule has 0 unspecified atom stereocenters. The second-order valence-corrected chi connectivity index (χ2v) is 3.45. The second kappa shape index (κ2) is 6.04. The molecule has 0 saturated heterocycles. The van der Waals surface area contributed by atoms with E-state index in [1.807, 2.05) is 6.07 Å². The first-order chi connectivity index (χ1) is 7.69. The van der Waals surface area contributed by atoms with E-state index in [9.17, 15) is 0 Å². The van der Waals surface area contributed by atoms with Crippen LogP contribution >= 0.6 is 11.6 Å². The summed E-state index contributed by atoms with van der Waals surface area (Å²) in [6, 6.07) is 7.03. The molecule has 1 aromatic carbocycles. The van der Waals surface area contributed by atoms with Gasteiger partial charge in [-0.15, -0.1) is 11.6 Å². The summed E-state index contributed by atoms with van der Waals surface area (Å²) < 4.78 is 10.5. The van der Waals surface area contributed by atoms with Crippen molar-refractivity contribution in [3.05, 3.63) is 35.9 Å². The van der Waals surface area contributed by atoms with E-state index in [0.29, 0.717) is 29.5 Å². The molecule has 0 spiro atoms. The Kier molecular flexibility index (Phi) is 4.68. The molecule has 0 radical (unpaired) electrons. The summed E-state index contributed by atoms with van der Waals surface area (Å²) >= 11 is 5.58. The molecule has 0 bridgehead atoms. The molecule has 0 N–H and O–H groups in total. The van der Waals surface area contributed by atoms with Gasteiger partial charge in [0, 0.05) is 11.9 Å². The number of ether oxygens (including phenoxy) is 2. The minimum atomic E-state index is 0.335. The summed E-state index contributed by atoms with van der Waals surface area (Å²) in [6.07, 6.45) is 0. The number of halogens is 1. The van der Waals surface area contributed by atoms with Crippen LogP contribution in [0.25, 0.3) is 0 Å². The van der Waals surface area contributed by atoms with Gasteiger partial charge >= 0.3 is 0 Å². The van der Waals surface area contributed by atoms with Crippen LogP contribution in [0.3, 0.4) is 0 Å². The lowest BCUT2D eigenvalue weighted by Crippen LogP contribution is -2.01. The Morgan fingerprint density at radius 2 is 2.12 bits per heavy atom. The van der Waals surface area contributed by atoms with Crippen LogP contribution in [0.5, 0.6) is 11.5 Å². The largest absolute Gasteiger partial charge is 0.497 e. The minimum absolute atomic E-state index is 0.335. The first-order valence-corrected chi connectivity index (χ1v) is 5.17. The van der Waals surface area contributed by atoms with Crippen LogP contribution in [0, 0.1) is 11.3 Å². The molecule has 0 aliphatic heterocycles. The highest BCUT2D eigenvalue weighted by Crippen LogP contribution is 2.22. The molecular formula is C12H12ClNO2. The average Bonchev–Trinajstić information content (AvgIpc) is 2.35. The summed E-state index contributed by atoms with van der Waals surface area (Å²) in [7, 11) is 1.54. The van der Waals surface area contributed by atoms with Gasteiger partial charge < -0.3 is 9.47 Å². The standard InChI is InChI=1S/C12H12ClNO2/c1-9(6-13)8-16-12-4-10(7-14)3-11(5-12)15-2/h3-5H,1,6,8H2,2H3. The predicted molar refractivity (Wildman–Crippen MR) is 63.1 cm³/mol. The Bertz CT molecular complexity index is 424. The van der Waals surface area contributed by atoms with E-state index in [2.05, 4.69) is 6.58 Å². The summed E-state index contributed by atoms with van der Waals surface area (Å²) in [5.41, 5.74) is 1.27. The SMILES string of the molecule is C=C(CCl)COc1cc(C#N)cc(OC)c1. The quantitative estimate of drug-likeness (QED) is 0.584. The van der Waals surface area contributed by atoms with Crippen LogP contribution in [0.2, 0.25) is 0 Å². The van der Waals surface area contributed by atoms with Gasteiger partial charge in [-0.2, -0.15) is 5.26 Å². The predicted octanol–water partition coefficient (Wildman–Crippen LogP) is 2.74. The summed E-state index contributed by atoms with van der Waals surface area (Å²) in [4.78, 5) is 0. The maximum atomic E-state index is 8.81. The third-order valence-corrected chi connectivity index (χ3v) is 2.25. The van der Waals surface area contributed by atoms with Crippen molar-refractivity contribution in [2.24, 2.45) is 0 Å². The van der Waals surface area contributed by atoms with E-state index >= 15 is 0 Å². The number of hydrogen-bond acceptors (Lipinski definition) is 3. The van der Waals surface area contributed by atoms with Crippen LogP contribution in [-0.4, -0.2) is 19.6 Å². The van der Waals surface area contributed by atoms with Gasteiger partial charge in [0.05, 0.1) is 18.7 Å². The van der Waals surface area contributed by atoms with E-state index in [0.717, 1.165) is 5.57 Å². The normalized spacial score (nSPS) is 9.31. The molecule has 0 heterocycles. The second-order valence-electron chi connectivity index (χ2n) is 3.18. The molecule has 1 rings (SSSR count). The topological polar surface area (TPSA) is 42.2 Å². The van der Waals surface area contributed by atoms with Gasteiger partial charge in [0.15, 0.2) is 0 Å². The highest BCUT2D eigenvalue weighted by Gasteiger charge is 2.02. The van der Waals surface area contributed by atoms with E-state index in [4.69, 9.17) is 26.3 Å². The van der Waals surface area contributed by atoms with Crippen molar-refractivity contribution in [1.82, 2.24) is 0 Å². The molecule has 0 aliphatic rings. The third-order valence-electron chi connectivity index (χ3n) is 1.88. The Morgan fingerprint density at radius 1 is 1.44 bits per heavy atom. The van der Waals surface area contributed by atoms with Crippen LogP contribution in [0.4, 0.5) is 0 Å². The monoisotopic (exact) mass is 237 g/mol. The number of rotatable bonds is 5. The molecule has 0 saturated carbocycles. The maximum Gasteiger partial charge on any atom is 0.124 e. The third kappa shape index (κ3) is 3.48. The van der Waals surface area contributed by atoms with Gasteiger partial charge in [-0.05, 0) is 17.7 Å². The molecule has 4 heteroatoms. The summed E-state index contributed by atoms with van der Waals surface area (Å²) in [5, 5.41) is 8.81. The number of benzene rings is 1. The van der Waals surface area contributed by atoms with Crippen molar-refractivity contribution < 1.29 is 9.47 Å². The fourth-order valence-corrected chi connectivity index (χ4v) is 1.14. The van der Waals surface area contributed by atoms with Gasteiger partial charge in [0.1, 0.15) is 18.1 Å². The smallest absolute Gasteiger partial charge is 0.124 e. The van der Waals surface area contributed by atoms with Gasteiger partial charge in [0.25, 0.3) is 0 Å². The zero-order valence-electron chi connectivity index (χ0n) is 9.00. The number of nitriles is 1. The van der Waals surface area contributed by atoms with E-state index in [1.165, 1.54) is 7.11 Å².